The van der Waals surface area contributed by atoms with Crippen LogP contribution in [0.15, 0.2) is 34.7 Å². The van der Waals surface area contributed by atoms with Gasteiger partial charge in [0, 0.05) is 5.02 Å². The van der Waals surface area contributed by atoms with Crippen molar-refractivity contribution in [1.82, 2.24) is 5.32 Å². The zero-order valence-corrected chi connectivity index (χ0v) is 13.0. The molecule has 1 heterocycles. The summed E-state index contributed by atoms with van der Waals surface area (Å²) >= 11 is 11.9. The summed E-state index contributed by atoms with van der Waals surface area (Å²) < 4.78 is 10.9. The Hall–Kier alpha value is -1.16. The molecule has 0 saturated carbocycles. The van der Waals surface area contributed by atoms with Crippen LogP contribution in [0.3, 0.4) is 0 Å². The molecule has 1 aromatic carbocycles. The molecule has 2 aromatic rings. The van der Waals surface area contributed by atoms with Gasteiger partial charge in [-0.15, -0.1) is 0 Å². The third-order valence-corrected chi connectivity index (χ3v) is 3.49. The van der Waals surface area contributed by atoms with Crippen LogP contribution in [0.25, 0.3) is 0 Å². The van der Waals surface area contributed by atoms with Crippen molar-refractivity contribution in [2.75, 3.05) is 13.7 Å². The van der Waals surface area contributed by atoms with E-state index in [0.29, 0.717) is 16.7 Å². The Bertz CT molecular complexity index is 569. The van der Waals surface area contributed by atoms with E-state index in [0.717, 1.165) is 23.6 Å². The highest BCUT2D eigenvalue weighted by atomic mass is 35.5. The number of nitrogens with one attached hydrogen (secondary N) is 1. The van der Waals surface area contributed by atoms with Crippen molar-refractivity contribution >= 4 is 23.2 Å². The molecule has 0 radical (unpaired) electrons. The van der Waals surface area contributed by atoms with Crippen molar-refractivity contribution in [3.63, 3.8) is 0 Å². The first-order chi connectivity index (χ1) is 9.63. The molecule has 1 unspecified atom stereocenters. The fraction of sp³-hybridized carbons (Fsp3) is 0.333. The van der Waals surface area contributed by atoms with Gasteiger partial charge in [0.2, 0.25) is 0 Å². The van der Waals surface area contributed by atoms with E-state index >= 15 is 0 Å². The van der Waals surface area contributed by atoms with Crippen LogP contribution in [0.2, 0.25) is 10.2 Å². The Morgan fingerprint density at radius 2 is 2.05 bits per heavy atom. The van der Waals surface area contributed by atoms with Gasteiger partial charge in [-0.1, -0.05) is 18.5 Å². The molecular formula is C15H17Cl2NO2. The van der Waals surface area contributed by atoms with E-state index < -0.39 is 0 Å². The van der Waals surface area contributed by atoms with E-state index in [1.54, 1.807) is 13.2 Å². The molecule has 1 atom stereocenters. The van der Waals surface area contributed by atoms with Gasteiger partial charge in [0.25, 0.3) is 0 Å². The molecule has 2 rings (SSSR count). The summed E-state index contributed by atoms with van der Waals surface area (Å²) in [5.74, 6) is 1.62. The van der Waals surface area contributed by atoms with E-state index in [1.165, 1.54) is 0 Å². The van der Waals surface area contributed by atoms with Gasteiger partial charge in [-0.25, -0.2) is 0 Å². The van der Waals surface area contributed by atoms with E-state index in [2.05, 4.69) is 5.32 Å². The standard InChI is InChI=1S/C15H17Cl2NO2/c1-3-18-12(14-6-7-15(17)20-14)9-10-8-11(16)4-5-13(10)19-2/h4-8,12,18H,3,9H2,1-2H3. The summed E-state index contributed by atoms with van der Waals surface area (Å²) in [5, 5.41) is 4.46. The lowest BCUT2D eigenvalue weighted by molar-refractivity contribution is 0.392. The molecule has 1 aromatic heterocycles. The lowest BCUT2D eigenvalue weighted by atomic mass is 10.0. The van der Waals surface area contributed by atoms with Gasteiger partial charge < -0.3 is 14.5 Å². The van der Waals surface area contributed by atoms with E-state index in [4.69, 9.17) is 32.4 Å². The Labute approximate surface area is 128 Å². The van der Waals surface area contributed by atoms with Crippen molar-refractivity contribution in [3.05, 3.63) is 51.9 Å². The van der Waals surface area contributed by atoms with Gasteiger partial charge in [0.1, 0.15) is 11.5 Å². The maximum atomic E-state index is 6.06. The molecule has 0 amide bonds. The highest BCUT2D eigenvalue weighted by Gasteiger charge is 2.17. The fourth-order valence-electron chi connectivity index (χ4n) is 2.16. The first kappa shape index (κ1) is 15.2. The summed E-state index contributed by atoms with van der Waals surface area (Å²) in [4.78, 5) is 0. The second kappa shape index (κ2) is 7.02. The maximum Gasteiger partial charge on any atom is 0.193 e. The zero-order valence-electron chi connectivity index (χ0n) is 11.5. The van der Waals surface area contributed by atoms with Crippen LogP contribution in [-0.4, -0.2) is 13.7 Å². The largest absolute Gasteiger partial charge is 0.496 e. The number of furan rings is 1. The first-order valence-corrected chi connectivity index (χ1v) is 7.20. The number of methoxy groups -OCH3 is 1. The topological polar surface area (TPSA) is 34.4 Å². The summed E-state index contributed by atoms with van der Waals surface area (Å²) in [7, 11) is 1.65. The second-order valence-corrected chi connectivity index (χ2v) is 5.22. The number of ether oxygens (including phenoxy) is 1. The predicted octanol–water partition coefficient (Wildman–Crippen LogP) is 4.49. The second-order valence-electron chi connectivity index (χ2n) is 4.41. The molecule has 0 fully saturated rings. The Morgan fingerprint density at radius 3 is 2.65 bits per heavy atom. The minimum Gasteiger partial charge on any atom is -0.496 e. The van der Waals surface area contributed by atoms with Gasteiger partial charge in [0.15, 0.2) is 5.22 Å². The number of hydrogen-bond donors (Lipinski definition) is 1. The van der Waals surface area contributed by atoms with Crippen molar-refractivity contribution in [1.29, 1.82) is 0 Å². The van der Waals surface area contributed by atoms with Crippen molar-refractivity contribution in [2.24, 2.45) is 0 Å². The number of benzene rings is 1. The third kappa shape index (κ3) is 3.69. The van der Waals surface area contributed by atoms with Crippen LogP contribution >= 0.6 is 23.2 Å². The number of likely N-dealkylation sites (N-methyl/N-ethyl adjacent to an activating group) is 1. The fourth-order valence-corrected chi connectivity index (χ4v) is 2.51. The molecule has 0 bridgehead atoms. The van der Waals surface area contributed by atoms with Gasteiger partial charge in [-0.05, 0) is 60.5 Å². The van der Waals surface area contributed by atoms with Crippen molar-refractivity contribution in [3.8, 4) is 5.75 Å². The van der Waals surface area contributed by atoms with Crippen LogP contribution in [0.4, 0.5) is 0 Å². The summed E-state index contributed by atoms with van der Waals surface area (Å²) in [6.07, 6.45) is 0.710. The molecule has 0 spiro atoms. The number of hydrogen-bond acceptors (Lipinski definition) is 3. The van der Waals surface area contributed by atoms with Gasteiger partial charge in [-0.3, -0.25) is 0 Å². The molecule has 108 valence electrons. The van der Waals surface area contributed by atoms with Crippen molar-refractivity contribution in [2.45, 2.75) is 19.4 Å². The highest BCUT2D eigenvalue weighted by molar-refractivity contribution is 6.30. The van der Waals surface area contributed by atoms with Gasteiger partial charge in [0.05, 0.1) is 13.2 Å². The smallest absolute Gasteiger partial charge is 0.193 e. The van der Waals surface area contributed by atoms with Gasteiger partial charge in [-0.2, -0.15) is 0 Å². The highest BCUT2D eigenvalue weighted by Crippen LogP contribution is 2.29. The molecule has 0 aliphatic carbocycles. The molecular weight excluding hydrogens is 297 g/mol. The van der Waals surface area contributed by atoms with E-state index in [1.807, 2.05) is 31.2 Å². The van der Waals surface area contributed by atoms with Crippen LogP contribution in [0.5, 0.6) is 5.75 Å². The maximum absolute atomic E-state index is 6.06. The Kier molecular flexibility index (Phi) is 5.35. The molecule has 3 nitrogen and oxygen atoms in total. The van der Waals surface area contributed by atoms with Crippen molar-refractivity contribution < 1.29 is 9.15 Å². The first-order valence-electron chi connectivity index (χ1n) is 6.45. The summed E-state index contributed by atoms with van der Waals surface area (Å²) in [6, 6.07) is 9.25. The third-order valence-electron chi connectivity index (χ3n) is 3.05. The average molecular weight is 314 g/mol. The summed E-state index contributed by atoms with van der Waals surface area (Å²) in [5.41, 5.74) is 1.03. The molecule has 5 heteroatoms. The molecule has 1 N–H and O–H groups in total. The van der Waals surface area contributed by atoms with E-state index in [9.17, 15) is 0 Å². The van der Waals surface area contributed by atoms with Crippen LogP contribution in [-0.2, 0) is 6.42 Å². The van der Waals surface area contributed by atoms with E-state index in [-0.39, 0.29) is 6.04 Å². The number of halogens is 2. The molecule has 20 heavy (non-hydrogen) atoms. The van der Waals surface area contributed by atoms with Crippen LogP contribution in [0, 0.1) is 0 Å². The minimum atomic E-state index is 0.0277. The minimum absolute atomic E-state index is 0.0277. The predicted molar refractivity (Wildman–Crippen MR) is 81.8 cm³/mol. The summed E-state index contributed by atoms with van der Waals surface area (Å²) in [6.45, 7) is 2.87. The quantitative estimate of drug-likeness (QED) is 0.853. The molecule has 0 aliphatic heterocycles. The average Bonchev–Trinajstić information content (AvgIpc) is 2.85. The lowest BCUT2D eigenvalue weighted by Gasteiger charge is -2.17. The number of rotatable bonds is 6. The van der Waals surface area contributed by atoms with Crippen LogP contribution in [0.1, 0.15) is 24.3 Å². The van der Waals surface area contributed by atoms with Gasteiger partial charge >= 0.3 is 0 Å². The zero-order chi connectivity index (χ0) is 14.5. The normalized spacial score (nSPS) is 12.4. The lowest BCUT2D eigenvalue weighted by Crippen LogP contribution is -2.22. The molecule has 0 saturated heterocycles. The monoisotopic (exact) mass is 313 g/mol. The SMILES string of the molecule is CCNC(Cc1cc(Cl)ccc1OC)c1ccc(Cl)o1. The Balaban J connectivity index is 2.26. The van der Waals surface area contributed by atoms with Crippen LogP contribution < -0.4 is 10.1 Å². The Morgan fingerprint density at radius 1 is 1.25 bits per heavy atom. The molecule has 0 aliphatic rings.